The van der Waals surface area contributed by atoms with Crippen LogP contribution in [0.3, 0.4) is 0 Å². The minimum Gasteiger partial charge on any atom is -0.435 e. The molecule has 0 aliphatic rings. The zero-order valence-corrected chi connectivity index (χ0v) is 9.88. The van der Waals surface area contributed by atoms with E-state index >= 15 is 0 Å². The van der Waals surface area contributed by atoms with E-state index in [0.717, 1.165) is 16.6 Å². The molecule has 1 radical (unpaired) electrons. The molecule has 3 aromatic rings. The maximum absolute atomic E-state index is 12.1. The predicted molar refractivity (Wildman–Crippen MR) is 68.7 cm³/mol. The fourth-order valence-electron chi connectivity index (χ4n) is 2.04. The first-order valence-corrected chi connectivity index (χ1v) is 5.76. The molecule has 0 atom stereocenters. The Bertz CT molecular complexity index is 689. The molecule has 95 valence electrons. The first kappa shape index (κ1) is 11.7. The Morgan fingerprint density at radius 2 is 1.84 bits per heavy atom. The van der Waals surface area contributed by atoms with Crippen molar-refractivity contribution in [3.8, 4) is 11.4 Å². The second-order valence-electron chi connectivity index (χ2n) is 4.04. The van der Waals surface area contributed by atoms with Gasteiger partial charge in [-0.1, -0.05) is 6.07 Å². The summed E-state index contributed by atoms with van der Waals surface area (Å²) in [5.41, 5.74) is 1.93. The summed E-state index contributed by atoms with van der Waals surface area (Å²) in [4.78, 5) is 0. The second kappa shape index (κ2) is 4.72. The van der Waals surface area contributed by atoms with E-state index in [9.17, 15) is 8.78 Å². The first-order valence-electron chi connectivity index (χ1n) is 5.76. The minimum absolute atomic E-state index is 0.156. The molecule has 3 rings (SSSR count). The van der Waals surface area contributed by atoms with E-state index in [-0.39, 0.29) is 5.75 Å². The molecule has 2 nitrogen and oxygen atoms in total. The summed E-state index contributed by atoms with van der Waals surface area (Å²) >= 11 is 0. The normalized spacial score (nSPS) is 11.1. The molecule has 4 heteroatoms. The fraction of sp³-hybridized carbons (Fsp3) is 0.0667. The fourth-order valence-corrected chi connectivity index (χ4v) is 2.04. The van der Waals surface area contributed by atoms with Crippen molar-refractivity contribution in [2.45, 2.75) is 6.61 Å². The highest BCUT2D eigenvalue weighted by atomic mass is 19.3. The number of nitrogens with zero attached hydrogens (tertiary/aromatic N) is 1. The highest BCUT2D eigenvalue weighted by Gasteiger charge is 2.05. The maximum atomic E-state index is 12.1. The zero-order valence-electron chi connectivity index (χ0n) is 9.88. The van der Waals surface area contributed by atoms with Crippen molar-refractivity contribution in [3.63, 3.8) is 0 Å². The Balaban J connectivity index is 1.98. The number of fused-ring (bicyclic) bond motifs is 1. The topological polar surface area (TPSA) is 14.2 Å². The number of hydrogen-bond donors (Lipinski definition) is 0. The SMILES string of the molecule is FC(F)Oc1ccc(-n2ccc3c[c]ccc32)cc1. The van der Waals surface area contributed by atoms with E-state index in [4.69, 9.17) is 0 Å². The molecule has 0 bridgehead atoms. The van der Waals surface area contributed by atoms with Crippen molar-refractivity contribution in [1.29, 1.82) is 0 Å². The lowest BCUT2D eigenvalue weighted by Crippen LogP contribution is -2.01. The summed E-state index contributed by atoms with van der Waals surface area (Å²) in [6.45, 7) is -2.80. The van der Waals surface area contributed by atoms with Crippen LogP contribution in [0.4, 0.5) is 8.78 Å². The van der Waals surface area contributed by atoms with Crippen LogP contribution in [-0.4, -0.2) is 11.2 Å². The van der Waals surface area contributed by atoms with Gasteiger partial charge in [0.25, 0.3) is 0 Å². The van der Waals surface area contributed by atoms with Crippen LogP contribution in [-0.2, 0) is 0 Å². The van der Waals surface area contributed by atoms with Gasteiger partial charge in [-0.2, -0.15) is 8.78 Å². The molecule has 0 amide bonds. The summed E-state index contributed by atoms with van der Waals surface area (Å²) < 4.78 is 30.5. The van der Waals surface area contributed by atoms with Crippen molar-refractivity contribution in [1.82, 2.24) is 4.57 Å². The minimum atomic E-state index is -2.80. The van der Waals surface area contributed by atoms with E-state index < -0.39 is 6.61 Å². The molecule has 0 spiro atoms. The highest BCUT2D eigenvalue weighted by Crippen LogP contribution is 2.22. The molecule has 0 saturated carbocycles. The number of ether oxygens (including phenoxy) is 1. The van der Waals surface area contributed by atoms with Gasteiger partial charge in [0.05, 0.1) is 5.52 Å². The molecule has 0 unspecified atom stereocenters. The van der Waals surface area contributed by atoms with Gasteiger partial charge in [0.1, 0.15) is 5.75 Å². The van der Waals surface area contributed by atoms with Crippen molar-refractivity contribution in [2.24, 2.45) is 0 Å². The smallest absolute Gasteiger partial charge is 0.387 e. The van der Waals surface area contributed by atoms with Crippen LogP contribution >= 0.6 is 0 Å². The van der Waals surface area contributed by atoms with Crippen molar-refractivity contribution >= 4 is 10.9 Å². The molecule has 2 aromatic carbocycles. The summed E-state index contributed by atoms with van der Waals surface area (Å²) in [6, 6.07) is 17.2. The van der Waals surface area contributed by atoms with Crippen LogP contribution in [0.5, 0.6) is 5.75 Å². The van der Waals surface area contributed by atoms with Crippen LogP contribution in [0.25, 0.3) is 16.6 Å². The Kier molecular flexibility index (Phi) is 2.91. The van der Waals surface area contributed by atoms with Crippen molar-refractivity contribution < 1.29 is 13.5 Å². The third kappa shape index (κ3) is 2.29. The van der Waals surface area contributed by atoms with E-state index in [0.29, 0.717) is 0 Å². The van der Waals surface area contributed by atoms with Crippen LogP contribution in [0.1, 0.15) is 0 Å². The maximum Gasteiger partial charge on any atom is 0.387 e. The van der Waals surface area contributed by atoms with Gasteiger partial charge in [-0.05, 0) is 48.5 Å². The van der Waals surface area contributed by atoms with Gasteiger partial charge in [0.2, 0.25) is 0 Å². The van der Waals surface area contributed by atoms with Gasteiger partial charge < -0.3 is 9.30 Å². The van der Waals surface area contributed by atoms with E-state index in [1.54, 1.807) is 12.1 Å². The van der Waals surface area contributed by atoms with Crippen LogP contribution in [0, 0.1) is 6.07 Å². The number of rotatable bonds is 3. The Morgan fingerprint density at radius 3 is 2.58 bits per heavy atom. The highest BCUT2D eigenvalue weighted by molar-refractivity contribution is 5.81. The molecule has 19 heavy (non-hydrogen) atoms. The summed E-state index contributed by atoms with van der Waals surface area (Å²) in [6.07, 6.45) is 1.93. The van der Waals surface area contributed by atoms with Gasteiger partial charge >= 0.3 is 6.61 Å². The van der Waals surface area contributed by atoms with E-state index in [1.165, 1.54) is 12.1 Å². The average molecular weight is 258 g/mol. The largest absolute Gasteiger partial charge is 0.435 e. The molecular formula is C15H10F2NO. The van der Waals surface area contributed by atoms with Gasteiger partial charge in [-0.15, -0.1) is 0 Å². The van der Waals surface area contributed by atoms with Gasteiger partial charge in [-0.3, -0.25) is 0 Å². The Hall–Kier alpha value is -2.36. The van der Waals surface area contributed by atoms with E-state index in [2.05, 4.69) is 10.8 Å². The van der Waals surface area contributed by atoms with Crippen LogP contribution in [0.2, 0.25) is 0 Å². The quantitative estimate of drug-likeness (QED) is 0.691. The lowest BCUT2D eigenvalue weighted by Gasteiger charge is -2.08. The Labute approximate surface area is 108 Å². The molecular weight excluding hydrogens is 248 g/mol. The Morgan fingerprint density at radius 1 is 1.05 bits per heavy atom. The van der Waals surface area contributed by atoms with Crippen molar-refractivity contribution in [2.75, 3.05) is 0 Å². The molecule has 0 aliphatic carbocycles. The number of aromatic nitrogens is 1. The van der Waals surface area contributed by atoms with Gasteiger partial charge in [-0.25, -0.2) is 0 Å². The predicted octanol–water partition coefficient (Wildman–Crippen LogP) is 4.03. The summed E-state index contributed by atoms with van der Waals surface area (Å²) in [5, 5.41) is 1.08. The molecule has 0 saturated heterocycles. The van der Waals surface area contributed by atoms with Crippen LogP contribution in [0.15, 0.2) is 54.7 Å². The molecule has 0 N–H and O–H groups in total. The second-order valence-corrected chi connectivity index (χ2v) is 4.04. The standard InChI is InChI=1S/C15H10F2NO/c16-15(17)19-13-7-5-12(6-8-13)18-10-9-11-3-1-2-4-14(11)18/h2-10,15H. The summed E-state index contributed by atoms with van der Waals surface area (Å²) in [7, 11) is 0. The third-order valence-corrected chi connectivity index (χ3v) is 2.87. The molecule has 1 aromatic heterocycles. The number of halogens is 2. The molecule has 0 aliphatic heterocycles. The van der Waals surface area contributed by atoms with Crippen LogP contribution < -0.4 is 4.74 Å². The zero-order chi connectivity index (χ0) is 13.2. The van der Waals surface area contributed by atoms with Gasteiger partial charge in [0, 0.05) is 17.3 Å². The number of hydrogen-bond acceptors (Lipinski definition) is 1. The number of alkyl halides is 2. The van der Waals surface area contributed by atoms with Gasteiger partial charge in [0.15, 0.2) is 0 Å². The summed E-state index contributed by atoms with van der Waals surface area (Å²) in [5.74, 6) is 0.156. The first-order chi connectivity index (χ1) is 9.24. The lowest BCUT2D eigenvalue weighted by atomic mass is 10.2. The van der Waals surface area contributed by atoms with Crippen molar-refractivity contribution in [3.05, 3.63) is 60.8 Å². The monoisotopic (exact) mass is 258 g/mol. The lowest BCUT2D eigenvalue weighted by molar-refractivity contribution is -0.0498. The average Bonchev–Trinajstić information content (AvgIpc) is 2.83. The third-order valence-electron chi connectivity index (χ3n) is 2.87. The van der Waals surface area contributed by atoms with E-state index in [1.807, 2.05) is 35.0 Å². The number of benzene rings is 2. The molecule has 0 fully saturated rings. The molecule has 1 heterocycles.